The van der Waals surface area contributed by atoms with Gasteiger partial charge in [-0.15, -0.1) is 0 Å². The van der Waals surface area contributed by atoms with Crippen LogP contribution < -0.4 is 10.6 Å². The van der Waals surface area contributed by atoms with Crippen LogP contribution in [0.3, 0.4) is 0 Å². The zero-order valence-corrected chi connectivity index (χ0v) is 12.8. The van der Waals surface area contributed by atoms with E-state index in [2.05, 4.69) is 39.7 Å². The van der Waals surface area contributed by atoms with Crippen molar-refractivity contribution in [3.8, 4) is 0 Å². The molecule has 2 atom stereocenters. The van der Waals surface area contributed by atoms with Gasteiger partial charge in [-0.1, -0.05) is 0 Å². The zero-order chi connectivity index (χ0) is 13.1. The van der Waals surface area contributed by atoms with Gasteiger partial charge in [0.1, 0.15) is 5.82 Å². The van der Waals surface area contributed by atoms with Crippen molar-refractivity contribution < 1.29 is 0 Å². The molecule has 0 saturated carbocycles. The van der Waals surface area contributed by atoms with Crippen LogP contribution in [0.25, 0.3) is 0 Å². The third-order valence-electron chi connectivity index (χ3n) is 3.61. The summed E-state index contributed by atoms with van der Waals surface area (Å²) >= 11 is 3.67. The number of aromatic nitrogens is 1. The number of nitrogens with two attached hydrogens (primary N) is 1. The number of nitrogens with zero attached hydrogens (tertiary/aromatic N) is 2. The van der Waals surface area contributed by atoms with E-state index in [-0.39, 0.29) is 6.04 Å². The summed E-state index contributed by atoms with van der Waals surface area (Å²) in [5.41, 5.74) is 7.21. The summed E-state index contributed by atoms with van der Waals surface area (Å²) in [6.07, 6.45) is 6.72. The highest BCUT2D eigenvalue weighted by atomic mass is 79.9. The summed E-state index contributed by atoms with van der Waals surface area (Å²) in [5.74, 6) is 1.08. The van der Waals surface area contributed by atoms with E-state index in [1.165, 1.54) is 24.8 Å². The fraction of sp³-hybridized carbons (Fsp3) is 0.643. The predicted octanol–water partition coefficient (Wildman–Crippen LogP) is 3.25. The molecule has 1 aromatic rings. The summed E-state index contributed by atoms with van der Waals surface area (Å²) in [6, 6.07) is 2.82. The van der Waals surface area contributed by atoms with Gasteiger partial charge in [-0.25, -0.2) is 4.98 Å². The number of aryl methyl sites for hydroxylation is 1. The molecule has 2 heterocycles. The third kappa shape index (κ3) is 3.04. The largest absolute Gasteiger partial charge is 0.353 e. The molecular weight excluding hydrogens is 290 g/mol. The van der Waals surface area contributed by atoms with Crippen LogP contribution >= 0.6 is 15.9 Å². The van der Waals surface area contributed by atoms with Gasteiger partial charge < -0.3 is 10.6 Å². The first-order valence-corrected chi connectivity index (χ1v) is 7.52. The van der Waals surface area contributed by atoms with Gasteiger partial charge in [0.05, 0.1) is 4.47 Å². The fourth-order valence-electron chi connectivity index (χ4n) is 2.68. The summed E-state index contributed by atoms with van der Waals surface area (Å²) < 4.78 is 1.13. The Morgan fingerprint density at radius 2 is 2.33 bits per heavy atom. The Hall–Kier alpha value is -0.610. The van der Waals surface area contributed by atoms with E-state index in [1.807, 2.05) is 12.3 Å². The average molecular weight is 312 g/mol. The molecule has 0 amide bonds. The predicted molar refractivity (Wildman–Crippen MR) is 79.9 cm³/mol. The molecule has 1 aliphatic rings. The van der Waals surface area contributed by atoms with Gasteiger partial charge in [0.25, 0.3) is 0 Å². The van der Waals surface area contributed by atoms with Crippen LogP contribution in [0.4, 0.5) is 5.82 Å². The number of pyridine rings is 1. The first-order chi connectivity index (χ1) is 8.59. The van der Waals surface area contributed by atoms with Crippen LogP contribution in [0.15, 0.2) is 16.7 Å². The second-order valence-electron chi connectivity index (χ2n) is 5.32. The molecule has 1 aromatic heterocycles. The lowest BCUT2D eigenvalue weighted by Gasteiger charge is -2.38. The van der Waals surface area contributed by atoms with Crippen LogP contribution in [0, 0.1) is 6.92 Å². The molecule has 0 aromatic carbocycles. The number of rotatable bonds is 3. The quantitative estimate of drug-likeness (QED) is 0.931. The molecule has 1 aliphatic heterocycles. The van der Waals surface area contributed by atoms with Crippen LogP contribution in [0.1, 0.15) is 38.2 Å². The minimum atomic E-state index is 0.249. The number of hydrogen-bond donors (Lipinski definition) is 1. The van der Waals surface area contributed by atoms with Crippen LogP contribution in [-0.4, -0.2) is 23.6 Å². The first-order valence-electron chi connectivity index (χ1n) is 6.73. The Bertz CT molecular complexity index is 406. The van der Waals surface area contributed by atoms with Gasteiger partial charge in [0.15, 0.2) is 0 Å². The van der Waals surface area contributed by atoms with Gasteiger partial charge in [0.2, 0.25) is 0 Å². The molecule has 4 heteroatoms. The molecule has 0 spiro atoms. The van der Waals surface area contributed by atoms with Crippen molar-refractivity contribution in [3.63, 3.8) is 0 Å². The lowest BCUT2D eigenvalue weighted by Crippen LogP contribution is -2.43. The number of anilines is 1. The summed E-state index contributed by atoms with van der Waals surface area (Å²) in [5, 5.41) is 0. The van der Waals surface area contributed by atoms with Gasteiger partial charge >= 0.3 is 0 Å². The minimum absolute atomic E-state index is 0.249. The topological polar surface area (TPSA) is 42.2 Å². The van der Waals surface area contributed by atoms with Gasteiger partial charge in [-0.05, 0) is 67.1 Å². The van der Waals surface area contributed by atoms with E-state index in [4.69, 9.17) is 5.73 Å². The van der Waals surface area contributed by atoms with Crippen molar-refractivity contribution in [2.24, 2.45) is 5.73 Å². The molecular formula is C14H22BrN3. The van der Waals surface area contributed by atoms with Gasteiger partial charge in [-0.3, -0.25) is 0 Å². The Balaban J connectivity index is 2.25. The van der Waals surface area contributed by atoms with Gasteiger partial charge in [0, 0.05) is 24.8 Å². The second-order valence-corrected chi connectivity index (χ2v) is 6.11. The molecule has 100 valence electrons. The number of piperidine rings is 1. The maximum atomic E-state index is 5.97. The van der Waals surface area contributed by atoms with E-state index >= 15 is 0 Å². The summed E-state index contributed by atoms with van der Waals surface area (Å²) in [4.78, 5) is 6.99. The van der Waals surface area contributed by atoms with E-state index in [9.17, 15) is 0 Å². The van der Waals surface area contributed by atoms with E-state index in [0.29, 0.717) is 6.04 Å². The molecule has 2 N–H and O–H groups in total. The number of halogens is 1. The van der Waals surface area contributed by atoms with Crippen LogP contribution in [-0.2, 0) is 0 Å². The van der Waals surface area contributed by atoms with Crippen LogP contribution in [0.2, 0.25) is 0 Å². The lowest BCUT2D eigenvalue weighted by molar-refractivity contribution is 0.413. The Morgan fingerprint density at radius 3 is 3.06 bits per heavy atom. The van der Waals surface area contributed by atoms with Crippen molar-refractivity contribution in [1.82, 2.24) is 4.98 Å². The molecule has 3 nitrogen and oxygen atoms in total. The smallest absolute Gasteiger partial charge is 0.143 e. The molecule has 0 bridgehead atoms. The maximum absolute atomic E-state index is 5.97. The van der Waals surface area contributed by atoms with Gasteiger partial charge in [-0.2, -0.15) is 0 Å². The minimum Gasteiger partial charge on any atom is -0.353 e. The molecule has 1 fully saturated rings. The third-order valence-corrected chi connectivity index (χ3v) is 4.59. The number of hydrogen-bond acceptors (Lipinski definition) is 3. The normalized spacial score (nSPS) is 22.0. The van der Waals surface area contributed by atoms with E-state index < -0.39 is 0 Å². The Kier molecular flexibility index (Phi) is 4.62. The van der Waals surface area contributed by atoms with Crippen molar-refractivity contribution in [2.75, 3.05) is 11.4 Å². The molecule has 2 unspecified atom stereocenters. The highest BCUT2D eigenvalue weighted by Crippen LogP contribution is 2.32. The highest BCUT2D eigenvalue weighted by molar-refractivity contribution is 9.10. The monoisotopic (exact) mass is 311 g/mol. The van der Waals surface area contributed by atoms with Crippen molar-refractivity contribution in [1.29, 1.82) is 0 Å². The standard InChI is InChI=1S/C14H22BrN3/c1-10-6-7-17-14(13(10)15)18-8-4-3-5-12(18)9-11(2)16/h6-7,11-12H,3-5,8-9,16H2,1-2H3. The average Bonchev–Trinajstić information content (AvgIpc) is 2.33. The Morgan fingerprint density at radius 1 is 1.56 bits per heavy atom. The van der Waals surface area contributed by atoms with Crippen LogP contribution in [0.5, 0.6) is 0 Å². The lowest BCUT2D eigenvalue weighted by atomic mass is 9.96. The highest BCUT2D eigenvalue weighted by Gasteiger charge is 2.26. The summed E-state index contributed by atoms with van der Waals surface area (Å²) in [6.45, 7) is 5.29. The molecule has 0 aliphatic carbocycles. The van der Waals surface area contributed by atoms with E-state index in [0.717, 1.165) is 23.3 Å². The zero-order valence-electron chi connectivity index (χ0n) is 11.2. The fourth-order valence-corrected chi connectivity index (χ4v) is 3.14. The molecule has 2 rings (SSSR count). The van der Waals surface area contributed by atoms with Crippen molar-refractivity contribution in [3.05, 3.63) is 22.3 Å². The second kappa shape index (κ2) is 6.02. The van der Waals surface area contributed by atoms with E-state index in [1.54, 1.807) is 0 Å². The Labute approximate surface area is 118 Å². The molecule has 18 heavy (non-hydrogen) atoms. The summed E-state index contributed by atoms with van der Waals surface area (Å²) in [7, 11) is 0. The van der Waals surface area contributed by atoms with Crippen molar-refractivity contribution >= 4 is 21.7 Å². The molecule has 1 saturated heterocycles. The SMILES string of the molecule is Cc1ccnc(N2CCCCC2CC(C)N)c1Br. The van der Waals surface area contributed by atoms with Crippen molar-refractivity contribution in [2.45, 2.75) is 51.6 Å². The molecule has 0 radical (unpaired) electrons. The maximum Gasteiger partial charge on any atom is 0.143 e. The first kappa shape index (κ1) is 13.8.